The maximum atomic E-state index is 13.6. The molecule has 4 nitrogen and oxygen atoms in total. The molecule has 0 saturated carbocycles. The Morgan fingerprint density at radius 3 is 2.83 bits per heavy atom. The lowest BCUT2D eigenvalue weighted by atomic mass is 10.2. The first-order valence-electron chi connectivity index (χ1n) is 5.34. The molecule has 1 aromatic heterocycles. The van der Waals surface area contributed by atoms with Crippen LogP contribution in [0.2, 0.25) is 5.02 Å². The lowest BCUT2D eigenvalue weighted by molar-refractivity contribution is 0.619. The van der Waals surface area contributed by atoms with Gasteiger partial charge in [0.15, 0.2) is 11.6 Å². The molecular weight excluding hydrogens is 255 g/mol. The molecular formula is C12H12ClFN4. The van der Waals surface area contributed by atoms with Gasteiger partial charge in [-0.2, -0.15) is 4.98 Å². The van der Waals surface area contributed by atoms with Crippen molar-refractivity contribution in [1.82, 2.24) is 9.97 Å². The molecule has 0 aliphatic heterocycles. The van der Waals surface area contributed by atoms with Crippen molar-refractivity contribution in [2.45, 2.75) is 6.92 Å². The molecule has 0 bridgehead atoms. The van der Waals surface area contributed by atoms with Crippen molar-refractivity contribution in [3.63, 3.8) is 0 Å². The Morgan fingerprint density at radius 2 is 2.11 bits per heavy atom. The van der Waals surface area contributed by atoms with Gasteiger partial charge in [0.1, 0.15) is 0 Å². The van der Waals surface area contributed by atoms with Crippen LogP contribution in [0.25, 0.3) is 0 Å². The average Bonchev–Trinajstić information content (AvgIpc) is 2.37. The van der Waals surface area contributed by atoms with Crippen LogP contribution < -0.4 is 10.6 Å². The summed E-state index contributed by atoms with van der Waals surface area (Å²) in [6.45, 7) is 1.85. The van der Waals surface area contributed by atoms with Crippen molar-refractivity contribution in [2.75, 3.05) is 17.7 Å². The molecule has 0 radical (unpaired) electrons. The highest BCUT2D eigenvalue weighted by atomic mass is 35.5. The highest BCUT2D eigenvalue weighted by molar-refractivity contribution is 6.31. The molecule has 1 heterocycles. The van der Waals surface area contributed by atoms with E-state index in [9.17, 15) is 4.39 Å². The first-order chi connectivity index (χ1) is 8.61. The highest BCUT2D eigenvalue weighted by Gasteiger charge is 2.09. The van der Waals surface area contributed by atoms with Gasteiger partial charge in [-0.05, 0) is 24.6 Å². The molecule has 1 aromatic carbocycles. The summed E-state index contributed by atoms with van der Waals surface area (Å²) >= 11 is 6.00. The number of hydrogen-bond acceptors (Lipinski definition) is 4. The fraction of sp³-hybridized carbons (Fsp3) is 0.167. The van der Waals surface area contributed by atoms with Gasteiger partial charge in [-0.3, -0.25) is 0 Å². The van der Waals surface area contributed by atoms with Crippen molar-refractivity contribution in [3.05, 3.63) is 40.8 Å². The molecule has 0 aliphatic carbocycles. The molecule has 2 aromatic rings. The van der Waals surface area contributed by atoms with E-state index in [4.69, 9.17) is 11.6 Å². The van der Waals surface area contributed by atoms with E-state index in [2.05, 4.69) is 20.6 Å². The standard InChI is InChI=1S/C12H12ClFN4/c1-7-8(13)4-3-5-10(7)17-11-9(14)6-16-12(15-2)18-11/h3-6H,1-2H3,(H2,15,16,17,18). The summed E-state index contributed by atoms with van der Waals surface area (Å²) in [5.74, 6) is -0.0633. The number of halogens is 2. The molecule has 2 rings (SSSR count). The number of hydrogen-bond donors (Lipinski definition) is 2. The van der Waals surface area contributed by atoms with Gasteiger partial charge >= 0.3 is 0 Å². The predicted molar refractivity (Wildman–Crippen MR) is 71.0 cm³/mol. The molecule has 94 valence electrons. The number of anilines is 3. The summed E-state index contributed by atoms with van der Waals surface area (Å²) in [5.41, 5.74) is 1.55. The van der Waals surface area contributed by atoms with Crippen LogP contribution in [0.5, 0.6) is 0 Å². The van der Waals surface area contributed by atoms with Gasteiger partial charge in [-0.15, -0.1) is 0 Å². The van der Waals surface area contributed by atoms with Crippen LogP contribution in [0.1, 0.15) is 5.56 Å². The summed E-state index contributed by atoms with van der Waals surface area (Å²) in [6.07, 6.45) is 1.11. The maximum Gasteiger partial charge on any atom is 0.224 e. The van der Waals surface area contributed by atoms with Crippen molar-refractivity contribution < 1.29 is 4.39 Å². The molecule has 0 unspecified atom stereocenters. The van der Waals surface area contributed by atoms with Crippen molar-refractivity contribution in [1.29, 1.82) is 0 Å². The normalized spacial score (nSPS) is 10.2. The summed E-state index contributed by atoms with van der Waals surface area (Å²) in [6, 6.07) is 5.37. The van der Waals surface area contributed by atoms with Crippen LogP contribution in [-0.2, 0) is 0 Å². The quantitative estimate of drug-likeness (QED) is 0.894. The van der Waals surface area contributed by atoms with E-state index in [0.29, 0.717) is 16.7 Å². The summed E-state index contributed by atoms with van der Waals surface area (Å²) in [4.78, 5) is 7.78. The second kappa shape index (κ2) is 5.18. The van der Waals surface area contributed by atoms with E-state index < -0.39 is 5.82 Å². The topological polar surface area (TPSA) is 49.8 Å². The molecule has 6 heteroatoms. The lowest BCUT2D eigenvalue weighted by Gasteiger charge is -2.11. The summed E-state index contributed by atoms with van der Waals surface area (Å²) < 4.78 is 13.6. The molecule has 0 atom stereocenters. The van der Waals surface area contributed by atoms with Crippen molar-refractivity contribution >= 4 is 29.1 Å². The monoisotopic (exact) mass is 266 g/mol. The van der Waals surface area contributed by atoms with Gasteiger partial charge in [-0.1, -0.05) is 17.7 Å². The molecule has 0 spiro atoms. The first kappa shape index (κ1) is 12.6. The third kappa shape index (κ3) is 2.51. The van der Waals surface area contributed by atoms with Crippen LogP contribution in [0.4, 0.5) is 21.8 Å². The first-order valence-corrected chi connectivity index (χ1v) is 5.72. The molecule has 0 aliphatic rings. The van der Waals surface area contributed by atoms with Crippen molar-refractivity contribution in [2.24, 2.45) is 0 Å². The van der Waals surface area contributed by atoms with E-state index in [1.165, 1.54) is 0 Å². The number of nitrogens with one attached hydrogen (secondary N) is 2. The van der Waals surface area contributed by atoms with Crippen LogP contribution in [0, 0.1) is 12.7 Å². The molecule has 0 fully saturated rings. The summed E-state index contributed by atoms with van der Waals surface area (Å²) in [7, 11) is 1.67. The fourth-order valence-corrected chi connectivity index (χ4v) is 1.62. The SMILES string of the molecule is CNc1ncc(F)c(Nc2cccc(Cl)c2C)n1. The lowest BCUT2D eigenvalue weighted by Crippen LogP contribution is -2.03. The van der Waals surface area contributed by atoms with Gasteiger partial charge in [-0.25, -0.2) is 9.37 Å². The number of benzene rings is 1. The van der Waals surface area contributed by atoms with Gasteiger partial charge < -0.3 is 10.6 Å². The minimum Gasteiger partial charge on any atom is -0.357 e. The van der Waals surface area contributed by atoms with E-state index >= 15 is 0 Å². The minimum atomic E-state index is -0.520. The third-order valence-electron chi connectivity index (χ3n) is 2.49. The third-order valence-corrected chi connectivity index (χ3v) is 2.90. The zero-order valence-electron chi connectivity index (χ0n) is 9.96. The largest absolute Gasteiger partial charge is 0.357 e. The van der Waals surface area contributed by atoms with Crippen LogP contribution in [0.15, 0.2) is 24.4 Å². The summed E-state index contributed by atoms with van der Waals surface area (Å²) in [5, 5.41) is 6.27. The smallest absolute Gasteiger partial charge is 0.224 e. The zero-order valence-corrected chi connectivity index (χ0v) is 10.7. The molecule has 18 heavy (non-hydrogen) atoms. The maximum absolute atomic E-state index is 13.6. The number of rotatable bonds is 3. The Hall–Kier alpha value is -1.88. The second-order valence-electron chi connectivity index (χ2n) is 3.68. The fourth-order valence-electron chi connectivity index (χ4n) is 1.45. The minimum absolute atomic E-state index is 0.111. The Kier molecular flexibility index (Phi) is 3.62. The van der Waals surface area contributed by atoms with E-state index in [1.54, 1.807) is 19.2 Å². The van der Waals surface area contributed by atoms with Gasteiger partial charge in [0, 0.05) is 17.8 Å². The Balaban J connectivity index is 2.36. The van der Waals surface area contributed by atoms with E-state index in [0.717, 1.165) is 11.8 Å². The number of aromatic nitrogens is 2. The average molecular weight is 267 g/mol. The molecule has 0 amide bonds. The Labute approximate surface area is 109 Å². The van der Waals surface area contributed by atoms with E-state index in [-0.39, 0.29) is 5.82 Å². The van der Waals surface area contributed by atoms with Crippen LogP contribution in [0.3, 0.4) is 0 Å². The van der Waals surface area contributed by atoms with Gasteiger partial charge in [0.05, 0.1) is 6.20 Å². The highest BCUT2D eigenvalue weighted by Crippen LogP contribution is 2.26. The van der Waals surface area contributed by atoms with Crippen LogP contribution >= 0.6 is 11.6 Å². The Bertz CT molecular complexity index is 574. The predicted octanol–water partition coefficient (Wildman–Crippen LogP) is 3.36. The van der Waals surface area contributed by atoms with Gasteiger partial charge in [0.2, 0.25) is 5.95 Å². The van der Waals surface area contributed by atoms with E-state index in [1.807, 2.05) is 13.0 Å². The molecule has 0 saturated heterocycles. The Morgan fingerprint density at radius 1 is 1.33 bits per heavy atom. The van der Waals surface area contributed by atoms with Crippen LogP contribution in [-0.4, -0.2) is 17.0 Å². The van der Waals surface area contributed by atoms with Crippen molar-refractivity contribution in [3.8, 4) is 0 Å². The zero-order chi connectivity index (χ0) is 13.1. The number of nitrogens with zero attached hydrogens (tertiary/aromatic N) is 2. The second-order valence-corrected chi connectivity index (χ2v) is 4.08. The van der Waals surface area contributed by atoms with Gasteiger partial charge in [0.25, 0.3) is 0 Å². The molecule has 2 N–H and O–H groups in total.